The van der Waals surface area contributed by atoms with Crippen LogP contribution in [0.4, 0.5) is 0 Å². The van der Waals surface area contributed by atoms with Crippen molar-refractivity contribution in [3.8, 4) is 0 Å². The van der Waals surface area contributed by atoms with Gasteiger partial charge in [0, 0.05) is 4.57 Å². The van der Waals surface area contributed by atoms with E-state index in [9.17, 15) is 4.57 Å². The van der Waals surface area contributed by atoms with Crippen molar-refractivity contribution in [3.05, 3.63) is 12.3 Å². The Bertz CT molecular complexity index is 267. The van der Waals surface area contributed by atoms with Gasteiger partial charge in [0.05, 0.1) is 0 Å². The van der Waals surface area contributed by atoms with E-state index in [2.05, 4.69) is 11.4 Å². The Hall–Kier alpha value is -0.400. The highest BCUT2D eigenvalue weighted by molar-refractivity contribution is 7.32. The van der Waals surface area contributed by atoms with Crippen molar-refractivity contribution in [2.45, 2.75) is 103 Å². The molecular weight excluding hydrogens is 295 g/mol. The van der Waals surface area contributed by atoms with Crippen LogP contribution in [0, 0.1) is 0 Å². The molecule has 4 heteroatoms. The summed E-state index contributed by atoms with van der Waals surface area (Å²) in [6.07, 6.45) is 23.2. The Balaban J connectivity index is 3.02. The lowest BCUT2D eigenvalue weighted by molar-refractivity contribution is 0.377. The monoisotopic (exact) mass is 331 g/mol. The highest BCUT2D eigenvalue weighted by Gasteiger charge is 2.06. The maximum Gasteiger partial charge on any atom is 0.746 e. The van der Waals surface area contributed by atoms with Crippen LogP contribution in [-0.4, -0.2) is 4.89 Å². The van der Waals surface area contributed by atoms with E-state index >= 15 is 0 Å². The van der Waals surface area contributed by atoms with Gasteiger partial charge in [-0.25, -0.2) is 4.52 Å². The van der Waals surface area contributed by atoms with E-state index in [1.807, 2.05) is 6.08 Å². The Morgan fingerprint density at radius 2 is 1.18 bits per heavy atom. The minimum absolute atomic E-state index is 0.932. The fraction of sp³-hybridized carbons (Fsp3) is 0.889. The van der Waals surface area contributed by atoms with Gasteiger partial charge >= 0.3 is 8.25 Å². The molecule has 0 rings (SSSR count). The van der Waals surface area contributed by atoms with Crippen molar-refractivity contribution in [1.29, 1.82) is 0 Å². The Morgan fingerprint density at radius 1 is 0.773 bits per heavy atom. The van der Waals surface area contributed by atoms with Gasteiger partial charge in [-0.3, -0.25) is 0 Å². The van der Waals surface area contributed by atoms with Crippen molar-refractivity contribution >= 4 is 8.25 Å². The van der Waals surface area contributed by atoms with Crippen LogP contribution in [0.15, 0.2) is 12.3 Å². The van der Waals surface area contributed by atoms with Crippen molar-refractivity contribution in [2.75, 3.05) is 0 Å². The number of unbranched alkanes of at least 4 members (excludes halogenated alkanes) is 14. The molecule has 0 aliphatic heterocycles. The van der Waals surface area contributed by atoms with E-state index in [4.69, 9.17) is 4.89 Å². The molecular formula is C18H36O3P+. The molecule has 0 radical (unpaired) electrons. The summed E-state index contributed by atoms with van der Waals surface area (Å²) in [4.78, 5) is 8.41. The van der Waals surface area contributed by atoms with Gasteiger partial charge in [0.1, 0.15) is 6.26 Å². The van der Waals surface area contributed by atoms with Crippen LogP contribution < -0.4 is 0 Å². The number of hydrogen-bond acceptors (Lipinski definition) is 2. The Kier molecular flexibility index (Phi) is 18.3. The smallest absolute Gasteiger partial charge is 0.238 e. The molecule has 1 unspecified atom stereocenters. The molecule has 0 aromatic heterocycles. The SMILES string of the molecule is CCCCCCCCCCCCCCCCC=CO[P+](=O)O. The molecule has 0 aliphatic rings. The van der Waals surface area contributed by atoms with Gasteiger partial charge in [0.15, 0.2) is 0 Å². The van der Waals surface area contributed by atoms with Crippen molar-refractivity contribution in [3.63, 3.8) is 0 Å². The van der Waals surface area contributed by atoms with Gasteiger partial charge in [-0.15, -0.1) is 4.89 Å². The summed E-state index contributed by atoms with van der Waals surface area (Å²) in [5, 5.41) is 0. The average Bonchev–Trinajstić information content (AvgIpc) is 2.50. The standard InChI is InChI=1S/C18H35O3P/c1-2-3-4-5-6-7-8-9-10-11-12-13-14-15-16-17-18-21-22(19)20/h17-18H,2-16H2,1H3/p+1. The molecule has 1 atom stereocenters. The van der Waals surface area contributed by atoms with Gasteiger partial charge in [0.2, 0.25) is 0 Å². The molecule has 0 bridgehead atoms. The zero-order valence-electron chi connectivity index (χ0n) is 14.5. The largest absolute Gasteiger partial charge is 0.746 e. The lowest BCUT2D eigenvalue weighted by Gasteiger charge is -2.02. The molecule has 22 heavy (non-hydrogen) atoms. The first-order valence-corrected chi connectivity index (χ1v) is 10.4. The maximum atomic E-state index is 10.2. The summed E-state index contributed by atoms with van der Waals surface area (Å²) >= 11 is 0. The Morgan fingerprint density at radius 3 is 1.59 bits per heavy atom. The van der Waals surface area contributed by atoms with Crippen LogP contribution in [0.3, 0.4) is 0 Å². The van der Waals surface area contributed by atoms with Crippen molar-refractivity contribution in [1.82, 2.24) is 0 Å². The second-order valence-corrected chi connectivity index (χ2v) is 6.79. The van der Waals surface area contributed by atoms with Crippen LogP contribution in [-0.2, 0) is 9.09 Å². The summed E-state index contributed by atoms with van der Waals surface area (Å²) < 4.78 is 14.7. The van der Waals surface area contributed by atoms with E-state index in [0.717, 1.165) is 12.8 Å². The summed E-state index contributed by atoms with van der Waals surface area (Å²) in [5.41, 5.74) is 0. The van der Waals surface area contributed by atoms with E-state index in [-0.39, 0.29) is 0 Å². The van der Waals surface area contributed by atoms with Crippen LogP contribution in [0.5, 0.6) is 0 Å². The highest BCUT2D eigenvalue weighted by atomic mass is 31.1. The molecule has 0 saturated heterocycles. The first kappa shape index (κ1) is 21.6. The second kappa shape index (κ2) is 18.6. The number of rotatable bonds is 17. The van der Waals surface area contributed by atoms with E-state index in [0.29, 0.717) is 0 Å². The summed E-state index contributed by atoms with van der Waals surface area (Å²) in [7, 11) is -2.48. The third kappa shape index (κ3) is 19.6. The average molecular weight is 331 g/mol. The lowest BCUT2D eigenvalue weighted by Crippen LogP contribution is -1.83. The molecule has 0 heterocycles. The summed E-state index contributed by atoms with van der Waals surface area (Å²) in [6.45, 7) is 2.27. The Labute approximate surface area is 138 Å². The molecule has 0 saturated carbocycles. The van der Waals surface area contributed by atoms with Crippen molar-refractivity contribution in [2.24, 2.45) is 0 Å². The van der Waals surface area contributed by atoms with Gasteiger partial charge in [0.25, 0.3) is 0 Å². The molecule has 1 N–H and O–H groups in total. The van der Waals surface area contributed by atoms with Crippen LogP contribution in [0.25, 0.3) is 0 Å². The fourth-order valence-corrected chi connectivity index (χ4v) is 2.81. The minimum atomic E-state index is -2.48. The summed E-state index contributed by atoms with van der Waals surface area (Å²) in [6, 6.07) is 0. The third-order valence-corrected chi connectivity index (χ3v) is 4.27. The second-order valence-electron chi connectivity index (χ2n) is 6.10. The quantitative estimate of drug-likeness (QED) is 0.177. The number of hydrogen-bond donors (Lipinski definition) is 1. The molecule has 0 amide bonds. The van der Waals surface area contributed by atoms with Gasteiger partial charge in [-0.2, -0.15) is 0 Å². The van der Waals surface area contributed by atoms with Gasteiger partial charge < -0.3 is 0 Å². The topological polar surface area (TPSA) is 46.5 Å². The number of allylic oxidation sites excluding steroid dienone is 1. The van der Waals surface area contributed by atoms with Crippen LogP contribution in [0.1, 0.15) is 103 Å². The molecule has 0 aliphatic carbocycles. The zero-order valence-corrected chi connectivity index (χ0v) is 15.4. The van der Waals surface area contributed by atoms with Gasteiger partial charge in [-0.1, -0.05) is 90.4 Å². The highest BCUT2D eigenvalue weighted by Crippen LogP contribution is 2.15. The lowest BCUT2D eigenvalue weighted by atomic mass is 10.0. The molecule has 0 aromatic carbocycles. The van der Waals surface area contributed by atoms with E-state index in [1.165, 1.54) is 89.7 Å². The van der Waals surface area contributed by atoms with E-state index in [1.54, 1.807) is 0 Å². The zero-order chi connectivity index (χ0) is 16.3. The van der Waals surface area contributed by atoms with Gasteiger partial charge in [-0.05, 0) is 18.9 Å². The molecule has 0 fully saturated rings. The minimum Gasteiger partial charge on any atom is -0.238 e. The molecule has 0 spiro atoms. The maximum absolute atomic E-state index is 10.2. The summed E-state index contributed by atoms with van der Waals surface area (Å²) in [5.74, 6) is 0. The third-order valence-electron chi connectivity index (χ3n) is 3.97. The predicted molar refractivity (Wildman–Crippen MR) is 95.0 cm³/mol. The molecule has 3 nitrogen and oxygen atoms in total. The fourth-order valence-electron chi connectivity index (χ4n) is 2.62. The van der Waals surface area contributed by atoms with E-state index < -0.39 is 8.25 Å². The van der Waals surface area contributed by atoms with Crippen molar-refractivity contribution < 1.29 is 14.0 Å². The molecule has 0 aromatic rings. The van der Waals surface area contributed by atoms with Crippen LogP contribution >= 0.6 is 8.25 Å². The first-order chi connectivity index (χ1) is 10.8. The predicted octanol–water partition coefficient (Wildman–Crippen LogP) is 7.04. The normalized spacial score (nSPS) is 12.0. The van der Waals surface area contributed by atoms with Crippen LogP contribution in [0.2, 0.25) is 0 Å². The molecule has 130 valence electrons. The first-order valence-electron chi connectivity index (χ1n) is 9.25.